The zero-order valence-electron chi connectivity index (χ0n) is 22.5. The first-order valence-electron chi connectivity index (χ1n) is 13.1. The quantitative estimate of drug-likeness (QED) is 0.137. The smallest absolute Gasteiger partial charge is 0.326 e. The number of nitrogens with one attached hydrogen (secondary N) is 5. The van der Waals surface area contributed by atoms with Gasteiger partial charge in [0, 0.05) is 36.6 Å². The zero-order chi connectivity index (χ0) is 29.1. The van der Waals surface area contributed by atoms with E-state index in [0.29, 0.717) is 17.8 Å². The van der Waals surface area contributed by atoms with Crippen molar-refractivity contribution in [3.8, 4) is 0 Å². The Balaban J connectivity index is 1.73. The number of aliphatic carboxylic acids is 1. The Labute approximate surface area is 231 Å². The fourth-order valence-corrected chi connectivity index (χ4v) is 4.10. The molecule has 13 nitrogen and oxygen atoms in total. The van der Waals surface area contributed by atoms with E-state index in [1.165, 1.54) is 25.0 Å². The maximum Gasteiger partial charge on any atom is 0.326 e. The summed E-state index contributed by atoms with van der Waals surface area (Å²) in [7, 11) is 0. The van der Waals surface area contributed by atoms with Crippen molar-refractivity contribution in [2.45, 2.75) is 63.7 Å². The number of carboxylic acids is 1. The summed E-state index contributed by atoms with van der Waals surface area (Å²) in [6.45, 7) is 3.62. The Kier molecular flexibility index (Phi) is 10.9. The monoisotopic (exact) mass is 552 g/mol. The van der Waals surface area contributed by atoms with Crippen molar-refractivity contribution in [2.24, 2.45) is 11.7 Å². The highest BCUT2D eigenvalue weighted by Gasteiger charge is 2.33. The highest BCUT2D eigenvalue weighted by Crippen LogP contribution is 2.11. The molecular formula is C27H36N8O5. The Morgan fingerprint density at radius 1 is 0.850 bits per heavy atom. The molecule has 0 spiro atoms. The maximum absolute atomic E-state index is 13.5. The van der Waals surface area contributed by atoms with Gasteiger partial charge in [0.15, 0.2) is 0 Å². The van der Waals surface area contributed by atoms with Crippen LogP contribution in [0.15, 0.2) is 55.4 Å². The average Bonchev–Trinajstić information content (AvgIpc) is 3.65. The summed E-state index contributed by atoms with van der Waals surface area (Å²) in [5.74, 6) is -3.36. The molecule has 0 saturated heterocycles. The van der Waals surface area contributed by atoms with E-state index in [0.717, 1.165) is 5.56 Å². The molecule has 40 heavy (non-hydrogen) atoms. The standard InChI is InChI=1S/C27H36N8O5/c1-3-16(2)23(26(38)34-22(27(39)40)11-19-13-30-15-32-19)35-25(37)21(10-18-12-29-14-31-18)33-24(36)20(28)9-17-7-5-4-6-8-17/h4-8,12-16,20-23H,3,9-11,28H2,1-2H3,(H,29,31)(H,30,32)(H,33,36)(H,34,38)(H,35,37)(H,39,40). The van der Waals surface area contributed by atoms with Crippen LogP contribution in [0, 0.1) is 5.92 Å². The van der Waals surface area contributed by atoms with Crippen LogP contribution in [0.1, 0.15) is 37.2 Å². The van der Waals surface area contributed by atoms with E-state index >= 15 is 0 Å². The molecule has 0 aliphatic carbocycles. The largest absolute Gasteiger partial charge is 0.480 e. The lowest BCUT2D eigenvalue weighted by molar-refractivity contribution is -0.142. The van der Waals surface area contributed by atoms with Crippen LogP contribution in [0.3, 0.4) is 0 Å². The Hall–Kier alpha value is -4.52. The van der Waals surface area contributed by atoms with E-state index in [-0.39, 0.29) is 25.2 Å². The fourth-order valence-electron chi connectivity index (χ4n) is 4.10. The highest BCUT2D eigenvalue weighted by molar-refractivity contribution is 5.94. The van der Waals surface area contributed by atoms with E-state index in [4.69, 9.17) is 5.73 Å². The van der Waals surface area contributed by atoms with Crippen molar-refractivity contribution < 1.29 is 24.3 Å². The van der Waals surface area contributed by atoms with E-state index in [2.05, 4.69) is 35.9 Å². The van der Waals surface area contributed by atoms with E-state index in [9.17, 15) is 24.3 Å². The van der Waals surface area contributed by atoms with Gasteiger partial charge in [0.25, 0.3) is 0 Å². The summed E-state index contributed by atoms with van der Waals surface area (Å²) in [6, 6.07) is 4.98. The van der Waals surface area contributed by atoms with Crippen LogP contribution in [0.2, 0.25) is 0 Å². The second kappa shape index (κ2) is 14.6. The number of nitrogens with zero attached hydrogens (tertiary/aromatic N) is 2. The number of benzene rings is 1. The molecular weight excluding hydrogens is 516 g/mol. The van der Waals surface area contributed by atoms with Crippen LogP contribution in [0.5, 0.6) is 0 Å². The molecule has 5 atom stereocenters. The number of imidazole rings is 2. The molecule has 8 N–H and O–H groups in total. The molecule has 0 saturated carbocycles. The van der Waals surface area contributed by atoms with Crippen molar-refractivity contribution in [1.29, 1.82) is 0 Å². The van der Waals surface area contributed by atoms with Crippen molar-refractivity contribution in [3.63, 3.8) is 0 Å². The molecule has 1 aromatic carbocycles. The number of nitrogens with two attached hydrogens (primary N) is 1. The summed E-state index contributed by atoms with van der Waals surface area (Å²) in [5.41, 5.74) is 8.13. The minimum atomic E-state index is -1.24. The molecule has 3 aromatic rings. The third-order valence-corrected chi connectivity index (χ3v) is 6.63. The van der Waals surface area contributed by atoms with Gasteiger partial charge in [-0.25, -0.2) is 14.8 Å². The van der Waals surface area contributed by atoms with Crippen molar-refractivity contribution in [1.82, 2.24) is 35.9 Å². The summed E-state index contributed by atoms with van der Waals surface area (Å²) >= 11 is 0. The van der Waals surface area contributed by atoms with Crippen molar-refractivity contribution >= 4 is 23.7 Å². The number of hydrogen-bond donors (Lipinski definition) is 7. The molecule has 3 amide bonds. The molecule has 2 aromatic heterocycles. The number of carbonyl (C=O) groups excluding carboxylic acids is 3. The lowest BCUT2D eigenvalue weighted by Crippen LogP contribution is -2.59. The number of aromatic nitrogens is 4. The van der Waals surface area contributed by atoms with Crippen LogP contribution in [-0.4, -0.2) is 72.9 Å². The number of hydrogen-bond acceptors (Lipinski definition) is 7. The minimum Gasteiger partial charge on any atom is -0.480 e. The van der Waals surface area contributed by atoms with Gasteiger partial charge in [-0.2, -0.15) is 0 Å². The first-order valence-corrected chi connectivity index (χ1v) is 13.1. The number of aromatic amines is 2. The van der Waals surface area contributed by atoms with E-state index < -0.39 is 47.9 Å². The molecule has 13 heteroatoms. The first-order chi connectivity index (χ1) is 19.2. The van der Waals surface area contributed by atoms with Gasteiger partial charge in [0.2, 0.25) is 17.7 Å². The summed E-state index contributed by atoms with van der Waals surface area (Å²) in [4.78, 5) is 65.1. The molecule has 0 fully saturated rings. The molecule has 0 radical (unpaired) electrons. The second-order valence-electron chi connectivity index (χ2n) is 9.69. The third kappa shape index (κ3) is 8.76. The average molecular weight is 553 g/mol. The lowest BCUT2D eigenvalue weighted by Gasteiger charge is -2.28. The van der Waals surface area contributed by atoms with Crippen molar-refractivity contribution in [2.75, 3.05) is 0 Å². The van der Waals surface area contributed by atoms with E-state index in [1.807, 2.05) is 37.3 Å². The van der Waals surface area contributed by atoms with Crippen molar-refractivity contribution in [3.05, 3.63) is 72.3 Å². The molecule has 0 bridgehead atoms. The zero-order valence-corrected chi connectivity index (χ0v) is 22.5. The van der Waals surface area contributed by atoms with Gasteiger partial charge < -0.3 is 36.8 Å². The third-order valence-electron chi connectivity index (χ3n) is 6.63. The topological polar surface area (TPSA) is 208 Å². The SMILES string of the molecule is CCC(C)C(NC(=O)C(Cc1cnc[nH]1)NC(=O)C(N)Cc1ccccc1)C(=O)NC(Cc1cnc[nH]1)C(=O)O. The van der Waals surface area contributed by atoms with Crippen LogP contribution < -0.4 is 21.7 Å². The van der Waals surface area contributed by atoms with Gasteiger partial charge in [0.05, 0.1) is 18.7 Å². The number of carbonyl (C=O) groups is 4. The summed E-state index contributed by atoms with van der Waals surface area (Å²) < 4.78 is 0. The Bertz CT molecular complexity index is 1230. The van der Waals surface area contributed by atoms with E-state index in [1.54, 1.807) is 6.92 Å². The minimum absolute atomic E-state index is 0.0138. The lowest BCUT2D eigenvalue weighted by atomic mass is 9.96. The molecule has 0 aliphatic rings. The summed E-state index contributed by atoms with van der Waals surface area (Å²) in [6.07, 6.45) is 6.73. The van der Waals surface area contributed by atoms with Gasteiger partial charge in [0.1, 0.15) is 18.1 Å². The highest BCUT2D eigenvalue weighted by atomic mass is 16.4. The van der Waals surface area contributed by atoms with Gasteiger partial charge in [-0.1, -0.05) is 50.6 Å². The molecule has 5 unspecified atom stereocenters. The number of H-pyrrole nitrogens is 2. The number of amides is 3. The van der Waals surface area contributed by atoms with Gasteiger partial charge >= 0.3 is 5.97 Å². The van der Waals surface area contributed by atoms with Gasteiger partial charge in [-0.3, -0.25) is 14.4 Å². The van der Waals surface area contributed by atoms with Gasteiger partial charge in [-0.05, 0) is 17.9 Å². The molecule has 214 valence electrons. The van der Waals surface area contributed by atoms with Crippen LogP contribution in [0.4, 0.5) is 0 Å². The number of rotatable bonds is 15. The molecule has 2 heterocycles. The Morgan fingerprint density at radius 3 is 1.95 bits per heavy atom. The molecule has 0 aliphatic heterocycles. The predicted octanol–water partition coefficient (Wildman–Crippen LogP) is 0.0731. The first kappa shape index (κ1) is 30.0. The fraction of sp³-hybridized carbons (Fsp3) is 0.407. The maximum atomic E-state index is 13.5. The normalized spacial score (nSPS) is 14.8. The predicted molar refractivity (Wildman–Crippen MR) is 146 cm³/mol. The number of carboxylic acid groups (broad SMARTS) is 1. The Morgan fingerprint density at radius 2 is 1.43 bits per heavy atom. The second-order valence-corrected chi connectivity index (χ2v) is 9.69. The van der Waals surface area contributed by atoms with Crippen LogP contribution in [0.25, 0.3) is 0 Å². The van der Waals surface area contributed by atoms with Gasteiger partial charge in [-0.15, -0.1) is 0 Å². The van der Waals surface area contributed by atoms with Crippen LogP contribution in [-0.2, 0) is 38.4 Å². The molecule has 3 rings (SSSR count). The van der Waals surface area contributed by atoms with Crippen LogP contribution >= 0.6 is 0 Å². The summed E-state index contributed by atoms with van der Waals surface area (Å²) in [5, 5.41) is 17.6.